The van der Waals surface area contributed by atoms with E-state index in [0.717, 1.165) is 0 Å². The number of phenolic OH excluding ortho intramolecular Hbond substituents is 2. The van der Waals surface area contributed by atoms with E-state index in [1.807, 2.05) is 5.43 Å². The van der Waals surface area contributed by atoms with E-state index in [0.29, 0.717) is 16.1 Å². The first kappa shape index (κ1) is 24.0. The lowest BCUT2D eigenvalue weighted by molar-refractivity contribution is 0.0479. The van der Waals surface area contributed by atoms with Crippen LogP contribution < -0.4 is 16.7 Å². The Morgan fingerprint density at radius 3 is 1.85 bits per heavy atom. The van der Waals surface area contributed by atoms with Crippen LogP contribution >= 0.6 is 0 Å². The molecule has 0 radical (unpaired) electrons. The van der Waals surface area contributed by atoms with Crippen LogP contribution in [0.25, 0.3) is 0 Å². The van der Waals surface area contributed by atoms with E-state index >= 15 is 0 Å². The largest absolute Gasteiger partial charge is 0.507 e. The molecule has 0 heterocycles. The quantitative estimate of drug-likeness (QED) is 0.171. The third kappa shape index (κ3) is 4.57. The molecule has 4 amide bonds. The van der Waals surface area contributed by atoms with Gasteiger partial charge in [-0.2, -0.15) is 5.01 Å². The number of nitrogens with two attached hydrogens (primary N) is 1. The van der Waals surface area contributed by atoms with Crippen LogP contribution in [-0.4, -0.2) is 38.9 Å². The minimum absolute atomic E-state index is 0.123. The van der Waals surface area contributed by atoms with Crippen molar-refractivity contribution in [3.8, 4) is 11.5 Å². The predicted octanol–water partition coefficient (Wildman–Crippen LogP) is 1.95. The number of carbonyl (C=O) groups is 4. The van der Waals surface area contributed by atoms with E-state index in [4.69, 9.17) is 5.84 Å². The van der Waals surface area contributed by atoms with Crippen LogP contribution in [-0.2, 0) is 0 Å². The third-order valence-electron chi connectivity index (χ3n) is 5.23. The normalized spacial score (nSPS) is 10.3. The first-order valence-corrected chi connectivity index (χ1v) is 10.0. The summed E-state index contributed by atoms with van der Waals surface area (Å²) in [5, 5.41) is 20.6. The lowest BCUT2D eigenvalue weighted by Gasteiger charge is -2.24. The number of nitrogens with one attached hydrogen (secondary N) is 2. The number of benzene rings is 3. The van der Waals surface area contributed by atoms with Crippen molar-refractivity contribution in [2.75, 3.05) is 0 Å². The molecule has 174 valence electrons. The Kier molecular flexibility index (Phi) is 6.93. The molecule has 0 atom stereocenters. The molecule has 34 heavy (non-hydrogen) atoms. The summed E-state index contributed by atoms with van der Waals surface area (Å²) >= 11 is 0. The van der Waals surface area contributed by atoms with Crippen molar-refractivity contribution in [3.05, 3.63) is 94.0 Å². The number of nitrogen functional groups attached to an aromatic ring is 1. The molecule has 0 aliphatic rings. The zero-order valence-electron chi connectivity index (χ0n) is 18.3. The van der Waals surface area contributed by atoms with Crippen LogP contribution in [0, 0.1) is 13.8 Å². The molecule has 0 saturated carbocycles. The van der Waals surface area contributed by atoms with Crippen LogP contribution in [0.15, 0.2) is 60.7 Å². The Labute approximate surface area is 194 Å². The van der Waals surface area contributed by atoms with Gasteiger partial charge in [0.15, 0.2) is 0 Å². The van der Waals surface area contributed by atoms with Crippen LogP contribution in [0.4, 0.5) is 0 Å². The summed E-state index contributed by atoms with van der Waals surface area (Å²) in [6.45, 7) is 3.27. The van der Waals surface area contributed by atoms with Crippen LogP contribution in [0.2, 0.25) is 0 Å². The zero-order valence-corrected chi connectivity index (χ0v) is 18.3. The van der Waals surface area contributed by atoms with Crippen molar-refractivity contribution in [2.45, 2.75) is 13.8 Å². The van der Waals surface area contributed by atoms with Gasteiger partial charge in [-0.15, -0.1) is 0 Å². The van der Waals surface area contributed by atoms with E-state index in [-0.39, 0.29) is 28.0 Å². The van der Waals surface area contributed by atoms with Gasteiger partial charge in [0.2, 0.25) is 0 Å². The number of imide groups is 1. The van der Waals surface area contributed by atoms with Gasteiger partial charge in [-0.25, -0.2) is 5.84 Å². The first-order chi connectivity index (χ1) is 16.2. The van der Waals surface area contributed by atoms with Crippen molar-refractivity contribution in [2.24, 2.45) is 5.84 Å². The van der Waals surface area contributed by atoms with E-state index < -0.39 is 29.4 Å². The lowest BCUT2D eigenvalue weighted by Crippen LogP contribution is -2.50. The number of aromatic hydroxyl groups is 2. The molecule has 0 bridgehead atoms. The molecule has 0 saturated heterocycles. The Morgan fingerprint density at radius 1 is 0.735 bits per heavy atom. The molecule has 3 aromatic carbocycles. The van der Waals surface area contributed by atoms with E-state index in [9.17, 15) is 29.4 Å². The number of hydrogen-bond donors (Lipinski definition) is 5. The van der Waals surface area contributed by atoms with E-state index in [1.165, 1.54) is 54.6 Å². The average molecular weight is 462 g/mol. The van der Waals surface area contributed by atoms with Gasteiger partial charge in [-0.1, -0.05) is 30.3 Å². The molecule has 0 fully saturated rings. The second-order valence-electron chi connectivity index (χ2n) is 7.32. The van der Waals surface area contributed by atoms with Gasteiger partial charge in [0.25, 0.3) is 23.6 Å². The summed E-state index contributed by atoms with van der Waals surface area (Å²) in [5.74, 6) is 0.595. The van der Waals surface area contributed by atoms with Gasteiger partial charge < -0.3 is 10.2 Å². The number of amides is 4. The summed E-state index contributed by atoms with van der Waals surface area (Å²) < 4.78 is 0. The summed E-state index contributed by atoms with van der Waals surface area (Å²) in [4.78, 5) is 52.2. The van der Waals surface area contributed by atoms with Crippen molar-refractivity contribution >= 4 is 23.6 Å². The molecular formula is C24H22N4O6. The standard InChI is InChI=1S/C24H22N4O6/c1-13-11-12-17(21(31)26-25)20(14(13)2)24(34)28(23(33)16-8-4-6-10-19(16)30)27-22(32)15-7-3-5-9-18(15)29/h3-12,29-30H,25H2,1-2H3,(H,26,31)(H,27,32). The number of phenols is 2. The molecule has 0 aromatic heterocycles. The molecule has 0 spiro atoms. The minimum Gasteiger partial charge on any atom is -0.507 e. The molecule has 3 rings (SSSR count). The van der Waals surface area contributed by atoms with Crippen molar-refractivity contribution in [1.29, 1.82) is 0 Å². The van der Waals surface area contributed by atoms with Gasteiger partial charge in [0.05, 0.1) is 22.3 Å². The molecule has 0 aliphatic heterocycles. The lowest BCUT2D eigenvalue weighted by atomic mass is 9.96. The van der Waals surface area contributed by atoms with Gasteiger partial charge >= 0.3 is 0 Å². The van der Waals surface area contributed by atoms with Crippen LogP contribution in [0.5, 0.6) is 11.5 Å². The fourth-order valence-electron chi connectivity index (χ4n) is 3.27. The number of carbonyl (C=O) groups excluding carboxylic acids is 4. The summed E-state index contributed by atoms with van der Waals surface area (Å²) in [6, 6.07) is 14.0. The smallest absolute Gasteiger partial charge is 0.283 e. The van der Waals surface area contributed by atoms with E-state index in [1.54, 1.807) is 19.9 Å². The van der Waals surface area contributed by atoms with Crippen LogP contribution in [0.1, 0.15) is 52.6 Å². The monoisotopic (exact) mass is 462 g/mol. The summed E-state index contributed by atoms with van der Waals surface area (Å²) in [5.41, 5.74) is 4.38. The molecule has 10 heteroatoms. The van der Waals surface area contributed by atoms with Crippen molar-refractivity contribution in [1.82, 2.24) is 15.9 Å². The highest BCUT2D eigenvalue weighted by Gasteiger charge is 2.32. The first-order valence-electron chi connectivity index (χ1n) is 10.0. The number of para-hydroxylation sites is 2. The molecule has 10 nitrogen and oxygen atoms in total. The van der Waals surface area contributed by atoms with E-state index in [2.05, 4.69) is 5.43 Å². The second-order valence-corrected chi connectivity index (χ2v) is 7.32. The topological polar surface area (TPSA) is 162 Å². The SMILES string of the molecule is Cc1ccc(C(=O)NN)c(C(=O)N(NC(=O)c2ccccc2O)C(=O)c2ccccc2O)c1C. The highest BCUT2D eigenvalue weighted by atomic mass is 16.3. The number of aryl methyl sites for hydroxylation is 1. The summed E-state index contributed by atoms with van der Waals surface area (Å²) in [6.07, 6.45) is 0. The maximum absolute atomic E-state index is 13.7. The number of hydrogen-bond acceptors (Lipinski definition) is 7. The Hall–Kier alpha value is -4.70. The van der Waals surface area contributed by atoms with Gasteiger partial charge in [0, 0.05) is 0 Å². The zero-order chi connectivity index (χ0) is 25.0. The molecule has 0 unspecified atom stereocenters. The maximum atomic E-state index is 13.7. The fourth-order valence-corrected chi connectivity index (χ4v) is 3.27. The predicted molar refractivity (Wildman–Crippen MR) is 122 cm³/mol. The van der Waals surface area contributed by atoms with Gasteiger partial charge in [0.1, 0.15) is 11.5 Å². The highest BCUT2D eigenvalue weighted by Crippen LogP contribution is 2.24. The molecule has 0 aliphatic carbocycles. The molecule has 3 aromatic rings. The molecular weight excluding hydrogens is 440 g/mol. The Bertz CT molecular complexity index is 1300. The fraction of sp³-hybridized carbons (Fsp3) is 0.0833. The summed E-state index contributed by atoms with van der Waals surface area (Å²) in [7, 11) is 0. The Balaban J connectivity index is 2.15. The molecule has 6 N–H and O–H groups in total. The third-order valence-corrected chi connectivity index (χ3v) is 5.23. The maximum Gasteiger partial charge on any atom is 0.283 e. The minimum atomic E-state index is -1.06. The number of nitrogens with zero attached hydrogens (tertiary/aromatic N) is 1. The van der Waals surface area contributed by atoms with Crippen molar-refractivity contribution in [3.63, 3.8) is 0 Å². The Morgan fingerprint density at radius 2 is 1.29 bits per heavy atom. The average Bonchev–Trinajstić information content (AvgIpc) is 2.83. The number of rotatable bonds is 4. The van der Waals surface area contributed by atoms with Crippen LogP contribution in [0.3, 0.4) is 0 Å². The van der Waals surface area contributed by atoms with Crippen molar-refractivity contribution < 1.29 is 29.4 Å². The highest BCUT2D eigenvalue weighted by molar-refractivity contribution is 6.17. The second kappa shape index (κ2) is 9.84. The van der Waals surface area contributed by atoms with Gasteiger partial charge in [-0.05, 0) is 55.3 Å². The van der Waals surface area contributed by atoms with Gasteiger partial charge in [-0.3, -0.25) is 30.0 Å². The number of hydrazine groups is 2.